The maximum Gasteiger partial charge on any atom is 0.329 e. The average Bonchev–Trinajstić information content (AvgIpc) is 3.13. The summed E-state index contributed by atoms with van der Waals surface area (Å²) in [6, 6.07) is 15.3. The molecule has 2 aromatic carbocycles. The highest BCUT2D eigenvalue weighted by molar-refractivity contribution is 5.97. The number of rotatable bonds is 7. The number of benzene rings is 2. The van der Waals surface area contributed by atoms with Crippen molar-refractivity contribution >= 4 is 22.8 Å². The summed E-state index contributed by atoms with van der Waals surface area (Å²) in [4.78, 5) is 25.0. The van der Waals surface area contributed by atoms with Crippen LogP contribution in [0.1, 0.15) is 30.0 Å². The van der Waals surface area contributed by atoms with Gasteiger partial charge in [-0.25, -0.2) is 4.79 Å². The molecule has 1 unspecified atom stereocenters. The normalized spacial score (nSPS) is 12.0. The van der Waals surface area contributed by atoms with Gasteiger partial charge in [0, 0.05) is 10.9 Å². The highest BCUT2D eigenvalue weighted by atomic mass is 16.5. The molecule has 0 saturated carbocycles. The summed E-state index contributed by atoms with van der Waals surface area (Å²) in [5.74, 6) is 0.227. The summed E-state index contributed by atoms with van der Waals surface area (Å²) >= 11 is 0. The van der Waals surface area contributed by atoms with E-state index in [-0.39, 0.29) is 18.4 Å². The second-order valence-electron chi connectivity index (χ2n) is 6.78. The molecular formula is C22H23NO5. The number of hydrogen-bond acceptors (Lipinski definition) is 5. The lowest BCUT2D eigenvalue weighted by molar-refractivity contribution is -0.149. The molecule has 0 fully saturated rings. The number of nitrogens with one attached hydrogen (secondary N) is 1. The number of ether oxygens (including phenoxy) is 2. The van der Waals surface area contributed by atoms with Crippen LogP contribution in [0.3, 0.4) is 0 Å². The first-order valence-corrected chi connectivity index (χ1v) is 9.07. The molecule has 146 valence electrons. The summed E-state index contributed by atoms with van der Waals surface area (Å²) in [6.45, 7) is 3.71. The van der Waals surface area contributed by atoms with Crippen LogP contribution in [0, 0.1) is 5.92 Å². The van der Waals surface area contributed by atoms with Crippen LogP contribution >= 0.6 is 0 Å². The maximum absolute atomic E-state index is 12.5. The Balaban J connectivity index is 1.63. The summed E-state index contributed by atoms with van der Waals surface area (Å²) in [6.07, 6.45) is 0. The van der Waals surface area contributed by atoms with Crippen molar-refractivity contribution in [2.45, 2.75) is 26.5 Å². The quantitative estimate of drug-likeness (QED) is 0.627. The predicted octanol–water partition coefficient (Wildman–Crippen LogP) is 3.94. The summed E-state index contributed by atoms with van der Waals surface area (Å²) in [5.41, 5.74) is 1.18. The van der Waals surface area contributed by atoms with Gasteiger partial charge in [0.2, 0.25) is 0 Å². The van der Waals surface area contributed by atoms with Gasteiger partial charge in [-0.15, -0.1) is 0 Å². The lowest BCUT2D eigenvalue weighted by Crippen LogP contribution is -2.45. The van der Waals surface area contributed by atoms with Crippen molar-refractivity contribution in [2.75, 3.05) is 7.11 Å². The minimum absolute atomic E-state index is 0.00907. The number of furan rings is 1. The molecule has 0 radical (unpaired) electrons. The Morgan fingerprint density at radius 3 is 2.43 bits per heavy atom. The summed E-state index contributed by atoms with van der Waals surface area (Å²) < 4.78 is 16.1. The number of amides is 1. The molecule has 1 amide bonds. The SMILES string of the molecule is COc1ccc(C(=O)NC(C(=O)OCc2cc3ccccc3o2)C(C)C)cc1. The fourth-order valence-corrected chi connectivity index (χ4v) is 2.80. The number of carbonyl (C=O) groups excluding carboxylic acids is 2. The smallest absolute Gasteiger partial charge is 0.329 e. The molecule has 6 heteroatoms. The molecule has 0 aliphatic heterocycles. The Bertz CT molecular complexity index is 925. The average molecular weight is 381 g/mol. The first-order valence-electron chi connectivity index (χ1n) is 9.07. The zero-order valence-electron chi connectivity index (χ0n) is 16.1. The zero-order valence-corrected chi connectivity index (χ0v) is 16.1. The maximum atomic E-state index is 12.5. The van der Waals surface area contributed by atoms with E-state index in [9.17, 15) is 9.59 Å². The van der Waals surface area contributed by atoms with E-state index in [1.807, 2.05) is 44.2 Å². The first kappa shape index (κ1) is 19.5. The monoisotopic (exact) mass is 381 g/mol. The van der Waals surface area contributed by atoms with E-state index in [2.05, 4.69) is 5.32 Å². The van der Waals surface area contributed by atoms with E-state index in [1.54, 1.807) is 31.4 Å². The standard InChI is InChI=1S/C22H23NO5/c1-14(2)20(23-21(24)15-8-10-17(26-3)11-9-15)22(25)27-13-18-12-16-6-4-5-7-19(16)28-18/h4-12,14,20H,13H2,1-3H3,(H,23,24). The number of para-hydroxylation sites is 1. The van der Waals surface area contributed by atoms with Crippen molar-refractivity contribution < 1.29 is 23.5 Å². The second kappa shape index (κ2) is 8.61. The van der Waals surface area contributed by atoms with Crippen molar-refractivity contribution in [3.05, 3.63) is 65.9 Å². The topological polar surface area (TPSA) is 77.8 Å². The minimum Gasteiger partial charge on any atom is -0.497 e. The van der Waals surface area contributed by atoms with E-state index in [4.69, 9.17) is 13.9 Å². The molecule has 1 heterocycles. The Hall–Kier alpha value is -3.28. The van der Waals surface area contributed by atoms with Gasteiger partial charge in [0.05, 0.1) is 7.11 Å². The molecule has 0 aliphatic rings. The predicted molar refractivity (Wildman–Crippen MR) is 105 cm³/mol. The van der Waals surface area contributed by atoms with Crippen molar-refractivity contribution in [1.82, 2.24) is 5.32 Å². The van der Waals surface area contributed by atoms with Gasteiger partial charge in [-0.3, -0.25) is 4.79 Å². The van der Waals surface area contributed by atoms with Gasteiger partial charge in [-0.05, 0) is 42.3 Å². The van der Waals surface area contributed by atoms with E-state index in [0.29, 0.717) is 17.1 Å². The molecule has 0 spiro atoms. The van der Waals surface area contributed by atoms with Crippen molar-refractivity contribution in [3.8, 4) is 5.75 Å². The molecule has 6 nitrogen and oxygen atoms in total. The van der Waals surface area contributed by atoms with Crippen LogP contribution in [-0.4, -0.2) is 25.0 Å². The molecule has 1 aromatic heterocycles. The largest absolute Gasteiger partial charge is 0.497 e. The van der Waals surface area contributed by atoms with Crippen molar-refractivity contribution in [1.29, 1.82) is 0 Å². The minimum atomic E-state index is -0.765. The molecule has 1 atom stereocenters. The molecule has 28 heavy (non-hydrogen) atoms. The Kier molecular flexibility index (Phi) is 5.99. The molecule has 0 saturated heterocycles. The molecule has 0 aliphatic carbocycles. The Morgan fingerprint density at radius 2 is 1.79 bits per heavy atom. The fraction of sp³-hybridized carbons (Fsp3) is 0.273. The van der Waals surface area contributed by atoms with Gasteiger partial charge in [-0.1, -0.05) is 32.0 Å². The van der Waals surface area contributed by atoms with Crippen LogP contribution in [0.4, 0.5) is 0 Å². The van der Waals surface area contributed by atoms with Gasteiger partial charge in [0.1, 0.15) is 29.7 Å². The van der Waals surface area contributed by atoms with E-state index in [1.165, 1.54) is 0 Å². The highest BCUT2D eigenvalue weighted by Gasteiger charge is 2.26. The van der Waals surface area contributed by atoms with Crippen molar-refractivity contribution in [2.24, 2.45) is 5.92 Å². The van der Waals surface area contributed by atoms with Gasteiger partial charge in [0.25, 0.3) is 5.91 Å². The fourth-order valence-electron chi connectivity index (χ4n) is 2.80. The lowest BCUT2D eigenvalue weighted by atomic mass is 10.0. The summed E-state index contributed by atoms with van der Waals surface area (Å²) in [7, 11) is 1.56. The van der Waals surface area contributed by atoms with Gasteiger partial charge >= 0.3 is 5.97 Å². The first-order chi connectivity index (χ1) is 13.5. The van der Waals surface area contributed by atoms with Crippen LogP contribution in [0.5, 0.6) is 5.75 Å². The molecule has 1 N–H and O–H groups in total. The van der Waals surface area contributed by atoms with Crippen LogP contribution in [0.25, 0.3) is 11.0 Å². The van der Waals surface area contributed by atoms with E-state index in [0.717, 1.165) is 11.0 Å². The van der Waals surface area contributed by atoms with E-state index < -0.39 is 12.0 Å². The number of esters is 1. The van der Waals surface area contributed by atoms with Crippen LogP contribution < -0.4 is 10.1 Å². The Labute approximate surface area is 163 Å². The van der Waals surface area contributed by atoms with Crippen LogP contribution in [-0.2, 0) is 16.1 Å². The van der Waals surface area contributed by atoms with Gasteiger partial charge in [-0.2, -0.15) is 0 Å². The summed E-state index contributed by atoms with van der Waals surface area (Å²) in [5, 5.41) is 3.69. The Morgan fingerprint density at radius 1 is 1.07 bits per heavy atom. The molecule has 0 bridgehead atoms. The van der Waals surface area contributed by atoms with Crippen molar-refractivity contribution in [3.63, 3.8) is 0 Å². The third-order valence-electron chi connectivity index (χ3n) is 4.39. The number of carbonyl (C=O) groups is 2. The molecule has 3 aromatic rings. The second-order valence-corrected chi connectivity index (χ2v) is 6.78. The zero-order chi connectivity index (χ0) is 20.1. The van der Waals surface area contributed by atoms with Crippen LogP contribution in [0.15, 0.2) is 59.0 Å². The van der Waals surface area contributed by atoms with E-state index >= 15 is 0 Å². The van der Waals surface area contributed by atoms with Crippen LogP contribution in [0.2, 0.25) is 0 Å². The lowest BCUT2D eigenvalue weighted by Gasteiger charge is -2.20. The van der Waals surface area contributed by atoms with Gasteiger partial charge in [0.15, 0.2) is 0 Å². The third kappa shape index (κ3) is 4.52. The number of methoxy groups -OCH3 is 1. The molecule has 3 rings (SSSR count). The molecular weight excluding hydrogens is 358 g/mol. The number of hydrogen-bond donors (Lipinski definition) is 1. The number of fused-ring (bicyclic) bond motifs is 1. The highest BCUT2D eigenvalue weighted by Crippen LogP contribution is 2.20. The third-order valence-corrected chi connectivity index (χ3v) is 4.39. The van der Waals surface area contributed by atoms with Gasteiger partial charge < -0.3 is 19.2 Å².